The van der Waals surface area contributed by atoms with Crippen LogP contribution in [0.3, 0.4) is 0 Å². The van der Waals surface area contributed by atoms with Gasteiger partial charge in [-0.25, -0.2) is 4.98 Å². The maximum Gasteiger partial charge on any atom is 0.144 e. The predicted molar refractivity (Wildman–Crippen MR) is 78.1 cm³/mol. The Hall–Kier alpha value is -2.07. The number of hydrogen-bond acceptors (Lipinski definition) is 4. The summed E-state index contributed by atoms with van der Waals surface area (Å²) in [5.41, 5.74) is 5.52. The lowest BCUT2D eigenvalue weighted by Crippen LogP contribution is -1.86. The van der Waals surface area contributed by atoms with E-state index in [2.05, 4.69) is 52.4 Å². The molecule has 0 aliphatic heterocycles. The molecular formula is C15H13N3S. The minimum atomic E-state index is 0.823. The molecule has 0 saturated carbocycles. The Labute approximate surface area is 116 Å². The van der Waals surface area contributed by atoms with Crippen LogP contribution in [0.2, 0.25) is 0 Å². The first-order valence-electron chi connectivity index (χ1n) is 6.03. The van der Waals surface area contributed by atoms with Gasteiger partial charge in [0.25, 0.3) is 0 Å². The quantitative estimate of drug-likeness (QED) is 0.707. The van der Waals surface area contributed by atoms with Gasteiger partial charge >= 0.3 is 0 Å². The van der Waals surface area contributed by atoms with Crippen molar-refractivity contribution in [3.63, 3.8) is 0 Å². The lowest BCUT2D eigenvalue weighted by molar-refractivity contribution is 1.19. The summed E-state index contributed by atoms with van der Waals surface area (Å²) in [6.07, 6.45) is 5.10. The monoisotopic (exact) mass is 267 g/mol. The van der Waals surface area contributed by atoms with Crippen molar-refractivity contribution >= 4 is 11.3 Å². The van der Waals surface area contributed by atoms with Gasteiger partial charge in [-0.15, -0.1) is 11.3 Å². The van der Waals surface area contributed by atoms with Gasteiger partial charge in [-0.1, -0.05) is 23.8 Å². The molecule has 0 spiro atoms. The zero-order chi connectivity index (χ0) is 13.2. The first kappa shape index (κ1) is 12.0. The average molecular weight is 267 g/mol. The van der Waals surface area contributed by atoms with Crippen molar-refractivity contribution in [3.8, 4) is 22.0 Å². The fourth-order valence-corrected chi connectivity index (χ4v) is 2.81. The van der Waals surface area contributed by atoms with Crippen molar-refractivity contribution in [2.75, 3.05) is 0 Å². The Balaban J connectivity index is 2.02. The molecule has 3 nitrogen and oxygen atoms in total. The third-order valence-electron chi connectivity index (χ3n) is 2.94. The van der Waals surface area contributed by atoms with Crippen LogP contribution in [-0.4, -0.2) is 15.0 Å². The maximum atomic E-state index is 4.66. The summed E-state index contributed by atoms with van der Waals surface area (Å²) >= 11 is 1.60. The minimum absolute atomic E-state index is 0.823. The lowest BCUT2D eigenvalue weighted by atomic mass is 10.0. The Morgan fingerprint density at radius 1 is 1.05 bits per heavy atom. The molecule has 19 heavy (non-hydrogen) atoms. The van der Waals surface area contributed by atoms with E-state index in [1.165, 1.54) is 16.7 Å². The molecule has 0 saturated heterocycles. The minimum Gasteiger partial charge on any atom is -0.261 e. The van der Waals surface area contributed by atoms with Crippen molar-refractivity contribution in [3.05, 3.63) is 53.3 Å². The van der Waals surface area contributed by atoms with E-state index in [0.29, 0.717) is 0 Å². The van der Waals surface area contributed by atoms with Crippen LogP contribution in [-0.2, 0) is 0 Å². The number of aryl methyl sites for hydroxylation is 2. The maximum absolute atomic E-state index is 4.66. The number of thiazole rings is 1. The highest BCUT2D eigenvalue weighted by Crippen LogP contribution is 2.29. The molecule has 0 bridgehead atoms. The zero-order valence-corrected chi connectivity index (χ0v) is 11.6. The summed E-state index contributed by atoms with van der Waals surface area (Å²) in [4.78, 5) is 13.0. The molecule has 0 aliphatic rings. The van der Waals surface area contributed by atoms with Crippen molar-refractivity contribution in [2.45, 2.75) is 13.8 Å². The summed E-state index contributed by atoms with van der Waals surface area (Å²) < 4.78 is 0. The fourth-order valence-electron chi connectivity index (χ4n) is 2.03. The van der Waals surface area contributed by atoms with Gasteiger partial charge in [0.1, 0.15) is 10.7 Å². The van der Waals surface area contributed by atoms with Crippen LogP contribution < -0.4 is 0 Å². The van der Waals surface area contributed by atoms with Crippen LogP contribution in [0.4, 0.5) is 0 Å². The average Bonchev–Trinajstić information content (AvgIpc) is 2.89. The van der Waals surface area contributed by atoms with E-state index in [1.54, 1.807) is 29.9 Å². The number of aromatic nitrogens is 3. The van der Waals surface area contributed by atoms with E-state index in [1.807, 2.05) is 0 Å². The topological polar surface area (TPSA) is 38.7 Å². The number of hydrogen-bond donors (Lipinski definition) is 0. The highest BCUT2D eigenvalue weighted by molar-refractivity contribution is 7.13. The van der Waals surface area contributed by atoms with Crippen LogP contribution in [0.25, 0.3) is 22.0 Å². The van der Waals surface area contributed by atoms with Crippen LogP contribution in [0.1, 0.15) is 11.1 Å². The molecule has 0 atom stereocenters. The van der Waals surface area contributed by atoms with Crippen molar-refractivity contribution in [1.29, 1.82) is 0 Å². The van der Waals surface area contributed by atoms with Gasteiger partial charge < -0.3 is 0 Å². The Kier molecular flexibility index (Phi) is 3.09. The number of rotatable bonds is 2. The highest BCUT2D eigenvalue weighted by Gasteiger charge is 2.09. The number of benzene rings is 1. The summed E-state index contributed by atoms with van der Waals surface area (Å²) in [6.45, 7) is 4.21. The van der Waals surface area contributed by atoms with E-state index in [-0.39, 0.29) is 0 Å². The SMILES string of the molecule is Cc1ccc(-c2csc(-c3cnccn3)n2)c(C)c1. The van der Waals surface area contributed by atoms with Crippen molar-refractivity contribution in [1.82, 2.24) is 15.0 Å². The molecule has 0 fully saturated rings. The van der Waals surface area contributed by atoms with Crippen LogP contribution in [0, 0.1) is 13.8 Å². The van der Waals surface area contributed by atoms with Crippen LogP contribution in [0.15, 0.2) is 42.2 Å². The highest BCUT2D eigenvalue weighted by atomic mass is 32.1. The molecule has 3 aromatic rings. The standard InChI is InChI=1S/C15H13N3S/c1-10-3-4-12(11(2)7-10)14-9-19-15(18-14)13-8-16-5-6-17-13/h3-9H,1-2H3. The molecule has 0 aliphatic carbocycles. The van der Waals surface area contributed by atoms with Gasteiger partial charge in [-0.2, -0.15) is 0 Å². The molecule has 0 N–H and O–H groups in total. The normalized spacial score (nSPS) is 10.6. The van der Waals surface area contributed by atoms with Crippen molar-refractivity contribution < 1.29 is 0 Å². The molecule has 0 radical (unpaired) electrons. The molecule has 2 heterocycles. The van der Waals surface area contributed by atoms with E-state index >= 15 is 0 Å². The zero-order valence-electron chi connectivity index (χ0n) is 10.8. The number of nitrogens with zero attached hydrogens (tertiary/aromatic N) is 3. The molecule has 2 aromatic heterocycles. The Bertz CT molecular complexity index is 704. The summed E-state index contributed by atoms with van der Waals surface area (Å²) in [5.74, 6) is 0. The fraction of sp³-hybridized carbons (Fsp3) is 0.133. The molecule has 0 amide bonds. The molecule has 3 rings (SSSR count). The van der Waals surface area contributed by atoms with Gasteiger partial charge in [0.15, 0.2) is 0 Å². The smallest absolute Gasteiger partial charge is 0.144 e. The summed E-state index contributed by atoms with van der Waals surface area (Å²) in [7, 11) is 0. The second-order valence-corrected chi connectivity index (χ2v) is 5.31. The Morgan fingerprint density at radius 2 is 1.95 bits per heavy atom. The molecule has 4 heteroatoms. The van der Waals surface area contributed by atoms with Gasteiger partial charge in [-0.05, 0) is 19.4 Å². The van der Waals surface area contributed by atoms with Gasteiger partial charge in [0.05, 0.1) is 11.9 Å². The molecule has 1 aromatic carbocycles. The van der Waals surface area contributed by atoms with E-state index in [9.17, 15) is 0 Å². The van der Waals surface area contributed by atoms with Gasteiger partial charge in [0.2, 0.25) is 0 Å². The van der Waals surface area contributed by atoms with E-state index < -0.39 is 0 Å². The predicted octanol–water partition coefficient (Wildman–Crippen LogP) is 3.88. The lowest BCUT2D eigenvalue weighted by Gasteiger charge is -2.03. The molecular weight excluding hydrogens is 254 g/mol. The van der Waals surface area contributed by atoms with E-state index in [0.717, 1.165) is 16.4 Å². The summed E-state index contributed by atoms with van der Waals surface area (Å²) in [6, 6.07) is 6.42. The largest absolute Gasteiger partial charge is 0.261 e. The van der Waals surface area contributed by atoms with Gasteiger partial charge in [0, 0.05) is 23.3 Å². The van der Waals surface area contributed by atoms with Crippen molar-refractivity contribution in [2.24, 2.45) is 0 Å². The first-order chi connectivity index (χ1) is 9.24. The third-order valence-corrected chi connectivity index (χ3v) is 3.81. The third kappa shape index (κ3) is 2.39. The van der Waals surface area contributed by atoms with E-state index in [4.69, 9.17) is 0 Å². The van der Waals surface area contributed by atoms with Crippen LogP contribution >= 0.6 is 11.3 Å². The molecule has 94 valence electrons. The van der Waals surface area contributed by atoms with Crippen LogP contribution in [0.5, 0.6) is 0 Å². The Morgan fingerprint density at radius 3 is 2.68 bits per heavy atom. The second kappa shape index (κ2) is 4.90. The second-order valence-electron chi connectivity index (χ2n) is 4.45. The first-order valence-corrected chi connectivity index (χ1v) is 6.91. The van der Waals surface area contributed by atoms with Gasteiger partial charge in [-0.3, -0.25) is 9.97 Å². The molecule has 0 unspecified atom stereocenters. The summed E-state index contributed by atoms with van der Waals surface area (Å²) in [5, 5.41) is 2.98.